The number of halogens is 1. The van der Waals surface area contributed by atoms with Crippen LogP contribution in [0.25, 0.3) is 0 Å². The second-order valence-corrected chi connectivity index (χ2v) is 8.70. The molecule has 1 aliphatic rings. The van der Waals surface area contributed by atoms with Crippen LogP contribution in [0.2, 0.25) is 0 Å². The fourth-order valence-corrected chi connectivity index (χ4v) is 3.64. The van der Waals surface area contributed by atoms with Gasteiger partial charge in [-0.15, -0.1) is 6.42 Å². The van der Waals surface area contributed by atoms with Crippen molar-refractivity contribution in [3.8, 4) is 12.3 Å². The molecule has 1 amide bonds. The molecule has 0 fully saturated rings. The minimum Gasteiger partial charge on any atom is -0.367 e. The van der Waals surface area contributed by atoms with Gasteiger partial charge < -0.3 is 10.2 Å². The molecular weight excluding hydrogens is 351 g/mol. The van der Waals surface area contributed by atoms with E-state index in [-0.39, 0.29) is 17.1 Å². The highest BCUT2D eigenvalue weighted by Crippen LogP contribution is 2.31. The Balaban J connectivity index is 1.85. The zero-order valence-electron chi connectivity index (χ0n) is 17.0. The number of rotatable bonds is 3. The van der Waals surface area contributed by atoms with Crippen molar-refractivity contribution in [2.75, 3.05) is 16.8 Å². The van der Waals surface area contributed by atoms with Crippen molar-refractivity contribution >= 4 is 17.3 Å². The zero-order chi connectivity index (χ0) is 20.5. The Labute approximate surface area is 166 Å². The van der Waals surface area contributed by atoms with Crippen molar-refractivity contribution in [1.29, 1.82) is 0 Å². The minimum absolute atomic E-state index is 0.0335. The van der Waals surface area contributed by atoms with Crippen LogP contribution in [0.4, 0.5) is 15.8 Å². The molecule has 0 unspecified atom stereocenters. The third kappa shape index (κ3) is 4.54. The Hall–Kier alpha value is -2.80. The Morgan fingerprint density at radius 1 is 1.25 bits per heavy atom. The van der Waals surface area contributed by atoms with Gasteiger partial charge in [-0.2, -0.15) is 0 Å². The molecule has 0 aliphatic carbocycles. The first kappa shape index (κ1) is 19.9. The fraction of sp³-hybridized carbons (Fsp3) is 0.375. The van der Waals surface area contributed by atoms with Crippen molar-refractivity contribution in [1.82, 2.24) is 0 Å². The number of nitrogens with one attached hydrogen (secondary N) is 1. The lowest BCUT2D eigenvalue weighted by Gasteiger charge is -2.31. The van der Waals surface area contributed by atoms with Gasteiger partial charge in [-0.05, 0) is 59.7 Å². The number of hydrogen-bond donors (Lipinski definition) is 1. The quantitative estimate of drug-likeness (QED) is 0.758. The Morgan fingerprint density at radius 3 is 2.68 bits per heavy atom. The van der Waals surface area contributed by atoms with E-state index >= 15 is 0 Å². The predicted molar refractivity (Wildman–Crippen MR) is 113 cm³/mol. The standard InChI is InChI=1S/C24H27FN2O/c1-6-17-13-21(11-16(2)23(17)26-22(28)14-24(3,4)5)27-10-9-18-12-20(25)8-7-19(18)15-27/h1,7-8,11-13H,9-10,14-15H2,2-5H3,(H,26,28). The summed E-state index contributed by atoms with van der Waals surface area (Å²) in [5, 5.41) is 3.00. The second kappa shape index (κ2) is 7.67. The van der Waals surface area contributed by atoms with Crippen molar-refractivity contribution in [3.05, 3.63) is 58.4 Å². The predicted octanol–water partition coefficient (Wildman–Crippen LogP) is 5.05. The molecule has 1 aliphatic heterocycles. The first-order chi connectivity index (χ1) is 13.2. The summed E-state index contributed by atoms with van der Waals surface area (Å²) in [5.74, 6) is 2.50. The first-order valence-electron chi connectivity index (χ1n) is 9.59. The Morgan fingerprint density at radius 2 is 2.00 bits per heavy atom. The summed E-state index contributed by atoms with van der Waals surface area (Å²) in [4.78, 5) is 14.6. The maximum atomic E-state index is 13.4. The summed E-state index contributed by atoms with van der Waals surface area (Å²) in [6.45, 7) is 9.58. The van der Waals surface area contributed by atoms with E-state index in [1.807, 2.05) is 39.8 Å². The van der Waals surface area contributed by atoms with Gasteiger partial charge in [0.1, 0.15) is 5.82 Å². The summed E-state index contributed by atoms with van der Waals surface area (Å²) in [7, 11) is 0. The number of fused-ring (bicyclic) bond motifs is 1. The Bertz CT molecular complexity index is 950. The van der Waals surface area contributed by atoms with Gasteiger partial charge in [0.25, 0.3) is 0 Å². The summed E-state index contributed by atoms with van der Waals surface area (Å²) >= 11 is 0. The molecule has 1 heterocycles. The smallest absolute Gasteiger partial charge is 0.224 e. The number of carbonyl (C=O) groups excluding carboxylic acids is 1. The molecule has 0 spiro atoms. The van der Waals surface area contributed by atoms with Crippen molar-refractivity contribution in [2.45, 2.75) is 47.1 Å². The van der Waals surface area contributed by atoms with Crippen LogP contribution in [0.3, 0.4) is 0 Å². The molecule has 1 N–H and O–H groups in total. The van der Waals surface area contributed by atoms with E-state index in [0.29, 0.717) is 17.7 Å². The van der Waals surface area contributed by atoms with Crippen molar-refractivity contribution in [2.24, 2.45) is 5.41 Å². The molecular formula is C24H27FN2O. The Kier molecular flexibility index (Phi) is 5.47. The van der Waals surface area contributed by atoms with E-state index in [4.69, 9.17) is 6.42 Å². The van der Waals surface area contributed by atoms with Crippen molar-refractivity contribution < 1.29 is 9.18 Å². The zero-order valence-corrected chi connectivity index (χ0v) is 17.0. The highest BCUT2D eigenvalue weighted by molar-refractivity contribution is 5.94. The third-order valence-corrected chi connectivity index (χ3v) is 4.98. The van der Waals surface area contributed by atoms with E-state index < -0.39 is 0 Å². The van der Waals surface area contributed by atoms with Gasteiger partial charge in [-0.1, -0.05) is 32.8 Å². The summed E-state index contributed by atoms with van der Waals surface area (Å²) < 4.78 is 13.4. The number of aryl methyl sites for hydroxylation is 1. The topological polar surface area (TPSA) is 32.3 Å². The normalized spacial score (nSPS) is 13.6. The van der Waals surface area contributed by atoms with Gasteiger partial charge in [0.2, 0.25) is 5.91 Å². The maximum Gasteiger partial charge on any atom is 0.224 e. The van der Waals surface area contributed by atoms with E-state index in [1.165, 1.54) is 6.07 Å². The molecule has 0 bridgehead atoms. The van der Waals surface area contributed by atoms with E-state index in [1.54, 1.807) is 6.07 Å². The highest BCUT2D eigenvalue weighted by atomic mass is 19.1. The van der Waals surface area contributed by atoms with Gasteiger partial charge in [-0.25, -0.2) is 4.39 Å². The molecule has 0 atom stereocenters. The lowest BCUT2D eigenvalue weighted by atomic mass is 9.92. The average molecular weight is 378 g/mol. The largest absolute Gasteiger partial charge is 0.367 e. The van der Waals surface area contributed by atoms with Crippen LogP contribution < -0.4 is 10.2 Å². The number of hydrogen-bond acceptors (Lipinski definition) is 2. The summed E-state index contributed by atoms with van der Waals surface area (Å²) in [5.41, 5.74) is 5.47. The first-order valence-corrected chi connectivity index (χ1v) is 9.59. The number of benzene rings is 2. The van der Waals surface area contributed by atoms with Crippen LogP contribution in [0, 0.1) is 30.5 Å². The van der Waals surface area contributed by atoms with Gasteiger partial charge in [0, 0.05) is 25.2 Å². The number of anilines is 2. The van der Waals surface area contributed by atoms with Gasteiger partial charge in [0.05, 0.1) is 11.3 Å². The van der Waals surface area contributed by atoms with E-state index in [9.17, 15) is 9.18 Å². The lowest BCUT2D eigenvalue weighted by Crippen LogP contribution is -2.30. The molecule has 0 radical (unpaired) electrons. The lowest BCUT2D eigenvalue weighted by molar-refractivity contribution is -0.117. The van der Waals surface area contributed by atoms with Gasteiger partial charge >= 0.3 is 0 Å². The van der Waals surface area contributed by atoms with Crippen LogP contribution >= 0.6 is 0 Å². The van der Waals surface area contributed by atoms with Crippen LogP contribution in [-0.4, -0.2) is 12.5 Å². The molecule has 3 nitrogen and oxygen atoms in total. The molecule has 146 valence electrons. The van der Waals surface area contributed by atoms with Crippen LogP contribution in [-0.2, 0) is 17.8 Å². The van der Waals surface area contributed by atoms with E-state index in [0.717, 1.165) is 41.9 Å². The molecule has 3 rings (SSSR count). The summed E-state index contributed by atoms with van der Waals surface area (Å²) in [6.07, 6.45) is 6.97. The molecule has 28 heavy (non-hydrogen) atoms. The molecule has 0 aromatic heterocycles. The number of terminal acetylenes is 1. The fourth-order valence-electron chi connectivity index (χ4n) is 3.64. The molecule has 2 aromatic rings. The summed E-state index contributed by atoms with van der Waals surface area (Å²) in [6, 6.07) is 9.00. The van der Waals surface area contributed by atoms with Gasteiger partial charge in [-0.3, -0.25) is 4.79 Å². The second-order valence-electron chi connectivity index (χ2n) is 8.70. The van der Waals surface area contributed by atoms with Crippen LogP contribution in [0.15, 0.2) is 30.3 Å². The molecule has 4 heteroatoms. The number of amides is 1. The molecule has 0 saturated carbocycles. The minimum atomic E-state index is -0.187. The van der Waals surface area contributed by atoms with E-state index in [2.05, 4.69) is 22.2 Å². The van der Waals surface area contributed by atoms with Crippen molar-refractivity contribution in [3.63, 3.8) is 0 Å². The average Bonchev–Trinajstić information content (AvgIpc) is 2.61. The van der Waals surface area contributed by atoms with Crippen LogP contribution in [0.5, 0.6) is 0 Å². The monoisotopic (exact) mass is 378 g/mol. The highest BCUT2D eigenvalue weighted by Gasteiger charge is 2.21. The van der Waals surface area contributed by atoms with Crippen LogP contribution in [0.1, 0.15) is 49.4 Å². The van der Waals surface area contributed by atoms with Gasteiger partial charge in [0.15, 0.2) is 0 Å². The molecule has 0 saturated heterocycles. The third-order valence-electron chi connectivity index (χ3n) is 4.98. The SMILES string of the molecule is C#Cc1cc(N2CCc3cc(F)ccc3C2)cc(C)c1NC(=O)CC(C)(C)C. The number of nitrogens with zero attached hydrogens (tertiary/aromatic N) is 1. The molecule has 2 aromatic carbocycles. The maximum absolute atomic E-state index is 13.4. The number of carbonyl (C=O) groups is 1.